The fraction of sp³-hybridized carbons (Fsp3) is 0.500. The van der Waals surface area contributed by atoms with Crippen molar-refractivity contribution in [2.45, 2.75) is 38.0 Å². The number of fused-ring (bicyclic) bond motifs is 4. The summed E-state index contributed by atoms with van der Waals surface area (Å²) < 4.78 is 7.11. The van der Waals surface area contributed by atoms with Crippen LogP contribution in [0, 0.1) is 0 Å². The number of carbonyl (C=O) groups excluding carboxylic acids is 2. The number of methoxy groups -OCH3 is 1. The van der Waals surface area contributed by atoms with Crippen molar-refractivity contribution in [1.29, 1.82) is 0 Å². The number of amides is 2. The van der Waals surface area contributed by atoms with Crippen LogP contribution in [0.2, 0.25) is 5.02 Å². The lowest BCUT2D eigenvalue weighted by Crippen LogP contribution is -2.66. The molecule has 3 saturated heterocycles. The summed E-state index contributed by atoms with van der Waals surface area (Å²) in [6, 6.07) is 7.67. The molecule has 144 valence electrons. The van der Waals surface area contributed by atoms with Crippen molar-refractivity contribution in [3.63, 3.8) is 0 Å². The Labute approximate surface area is 163 Å². The molecule has 6 nitrogen and oxygen atoms in total. The Morgan fingerprint density at radius 1 is 1.15 bits per heavy atom. The third-order valence-electron chi connectivity index (χ3n) is 6.00. The summed E-state index contributed by atoms with van der Waals surface area (Å²) in [6.07, 6.45) is 1.41. The van der Waals surface area contributed by atoms with Gasteiger partial charge in [-0.3, -0.25) is 9.59 Å². The van der Waals surface area contributed by atoms with Crippen LogP contribution in [0.3, 0.4) is 0 Å². The van der Waals surface area contributed by atoms with Crippen LogP contribution < -0.4 is 0 Å². The molecule has 2 aromatic rings. The van der Waals surface area contributed by atoms with Crippen LogP contribution in [0.15, 0.2) is 24.3 Å². The number of hydrogen-bond donors (Lipinski definition) is 0. The highest BCUT2D eigenvalue weighted by Crippen LogP contribution is 2.32. The minimum Gasteiger partial charge on any atom is -0.372 e. The van der Waals surface area contributed by atoms with Crippen LogP contribution in [0.4, 0.5) is 0 Å². The van der Waals surface area contributed by atoms with Gasteiger partial charge in [-0.05, 0) is 44.0 Å². The normalized spacial score (nSPS) is 23.1. The van der Waals surface area contributed by atoms with E-state index in [-0.39, 0.29) is 23.9 Å². The van der Waals surface area contributed by atoms with Gasteiger partial charge in [-0.15, -0.1) is 0 Å². The van der Waals surface area contributed by atoms with Crippen LogP contribution in [0.1, 0.15) is 30.3 Å². The van der Waals surface area contributed by atoms with Crippen LogP contribution in [-0.4, -0.2) is 64.6 Å². The maximum atomic E-state index is 13.3. The van der Waals surface area contributed by atoms with E-state index in [1.54, 1.807) is 14.0 Å². The molecule has 2 bridgehead atoms. The number of aryl methyl sites for hydroxylation is 1. The molecule has 1 aromatic carbocycles. The van der Waals surface area contributed by atoms with Crippen LogP contribution in [0.25, 0.3) is 10.9 Å². The average molecular weight is 390 g/mol. The summed E-state index contributed by atoms with van der Waals surface area (Å²) >= 11 is 6.09. The molecule has 4 heterocycles. The van der Waals surface area contributed by atoms with E-state index in [1.165, 1.54) is 0 Å². The Morgan fingerprint density at radius 3 is 2.44 bits per heavy atom. The Bertz CT molecular complexity index is 909. The van der Waals surface area contributed by atoms with Gasteiger partial charge < -0.3 is 19.1 Å². The van der Waals surface area contributed by atoms with E-state index in [1.807, 2.05) is 45.7 Å². The molecule has 5 rings (SSSR count). The number of piperidine rings is 2. The first-order chi connectivity index (χ1) is 12.9. The van der Waals surface area contributed by atoms with E-state index in [0.717, 1.165) is 23.7 Å². The van der Waals surface area contributed by atoms with Gasteiger partial charge in [0, 0.05) is 55.3 Å². The van der Waals surface area contributed by atoms with Crippen molar-refractivity contribution in [3.8, 4) is 0 Å². The predicted octanol–water partition coefficient (Wildman–Crippen LogP) is 2.68. The van der Waals surface area contributed by atoms with E-state index in [9.17, 15) is 9.59 Å². The van der Waals surface area contributed by atoms with Crippen molar-refractivity contribution in [2.75, 3.05) is 20.2 Å². The van der Waals surface area contributed by atoms with Gasteiger partial charge in [0.25, 0.3) is 11.8 Å². The fourth-order valence-corrected chi connectivity index (χ4v) is 4.53. The van der Waals surface area contributed by atoms with Gasteiger partial charge in [-0.1, -0.05) is 11.6 Å². The second kappa shape index (κ2) is 6.84. The second-order valence-electron chi connectivity index (χ2n) is 7.50. The molecule has 3 aliphatic rings. The standard InChI is InChI=1S/C20H24ClN3O3/c1-12(27-3)19(25)23-10-16-6-5-15(23)11-24(16)20(26)18-9-13-8-14(21)4-7-17(13)22(18)2/h4,7-9,12,15-16H,5-6,10-11H2,1-3H3/t12-,15?,16?/m1/s1. The zero-order valence-corrected chi connectivity index (χ0v) is 16.6. The quantitative estimate of drug-likeness (QED) is 0.811. The number of rotatable bonds is 3. The molecule has 0 radical (unpaired) electrons. The highest BCUT2D eigenvalue weighted by molar-refractivity contribution is 6.31. The molecule has 0 saturated carbocycles. The molecule has 3 fully saturated rings. The average Bonchev–Trinajstić information content (AvgIpc) is 3.02. The fourth-order valence-electron chi connectivity index (χ4n) is 4.35. The van der Waals surface area contributed by atoms with Crippen molar-refractivity contribution in [3.05, 3.63) is 35.0 Å². The van der Waals surface area contributed by atoms with E-state index in [4.69, 9.17) is 16.3 Å². The lowest BCUT2D eigenvalue weighted by Gasteiger charge is -2.51. The molecule has 1 aromatic heterocycles. The zero-order valence-electron chi connectivity index (χ0n) is 15.8. The maximum absolute atomic E-state index is 13.3. The number of carbonyl (C=O) groups is 2. The number of benzene rings is 1. The number of aromatic nitrogens is 1. The SMILES string of the molecule is CO[C@H](C)C(=O)N1CC2CCC1CN2C(=O)c1cc2cc(Cl)ccc2n1C. The summed E-state index contributed by atoms with van der Waals surface area (Å²) in [7, 11) is 3.45. The second-order valence-corrected chi connectivity index (χ2v) is 7.94. The molecule has 3 atom stereocenters. The lowest BCUT2D eigenvalue weighted by atomic mass is 9.90. The predicted molar refractivity (Wildman–Crippen MR) is 104 cm³/mol. The number of halogens is 1. The molecule has 0 N–H and O–H groups in total. The van der Waals surface area contributed by atoms with Gasteiger partial charge in [-0.25, -0.2) is 0 Å². The minimum absolute atomic E-state index is 0.0125. The van der Waals surface area contributed by atoms with Crippen molar-refractivity contribution >= 4 is 34.3 Å². The largest absolute Gasteiger partial charge is 0.372 e. The highest BCUT2D eigenvalue weighted by atomic mass is 35.5. The van der Waals surface area contributed by atoms with Crippen LogP contribution in [0.5, 0.6) is 0 Å². The van der Waals surface area contributed by atoms with E-state index < -0.39 is 6.10 Å². The van der Waals surface area contributed by atoms with Gasteiger partial charge in [0.15, 0.2) is 0 Å². The van der Waals surface area contributed by atoms with E-state index in [2.05, 4.69) is 0 Å². The molecular weight excluding hydrogens is 366 g/mol. The first kappa shape index (κ1) is 18.3. The first-order valence-corrected chi connectivity index (χ1v) is 9.67. The molecule has 3 aliphatic heterocycles. The summed E-state index contributed by atoms with van der Waals surface area (Å²) in [5, 5.41) is 1.62. The molecule has 2 amide bonds. The summed E-state index contributed by atoms with van der Waals surface area (Å²) in [6.45, 7) is 2.93. The highest BCUT2D eigenvalue weighted by Gasteiger charge is 2.44. The molecule has 2 unspecified atom stereocenters. The van der Waals surface area contributed by atoms with Crippen molar-refractivity contribution in [2.24, 2.45) is 7.05 Å². The smallest absolute Gasteiger partial charge is 0.270 e. The van der Waals surface area contributed by atoms with Gasteiger partial charge in [0.05, 0.1) is 0 Å². The van der Waals surface area contributed by atoms with Crippen molar-refractivity contribution < 1.29 is 14.3 Å². The number of hydrogen-bond acceptors (Lipinski definition) is 3. The van der Waals surface area contributed by atoms with E-state index in [0.29, 0.717) is 23.8 Å². The number of ether oxygens (including phenoxy) is 1. The summed E-state index contributed by atoms with van der Waals surface area (Å²) in [4.78, 5) is 29.7. The third kappa shape index (κ3) is 3.01. The van der Waals surface area contributed by atoms with Gasteiger partial charge in [0.1, 0.15) is 11.8 Å². The Hall–Kier alpha value is -2.05. The minimum atomic E-state index is -0.448. The van der Waals surface area contributed by atoms with Crippen molar-refractivity contribution in [1.82, 2.24) is 14.4 Å². The summed E-state index contributed by atoms with van der Waals surface area (Å²) in [5.41, 5.74) is 1.64. The number of nitrogens with zero attached hydrogens (tertiary/aromatic N) is 3. The molecule has 7 heteroatoms. The first-order valence-electron chi connectivity index (χ1n) is 9.30. The third-order valence-corrected chi connectivity index (χ3v) is 6.23. The monoisotopic (exact) mass is 389 g/mol. The number of piperazine rings is 1. The van der Waals surface area contributed by atoms with Crippen LogP contribution >= 0.6 is 11.6 Å². The molecule has 0 aliphatic carbocycles. The topological polar surface area (TPSA) is 54.8 Å². The van der Waals surface area contributed by atoms with Gasteiger partial charge in [0.2, 0.25) is 0 Å². The zero-order chi connectivity index (χ0) is 19.3. The summed E-state index contributed by atoms with van der Waals surface area (Å²) in [5.74, 6) is 0.0324. The van der Waals surface area contributed by atoms with Crippen LogP contribution in [-0.2, 0) is 16.6 Å². The van der Waals surface area contributed by atoms with E-state index >= 15 is 0 Å². The Morgan fingerprint density at radius 2 is 1.81 bits per heavy atom. The molecule has 0 spiro atoms. The lowest BCUT2D eigenvalue weighted by molar-refractivity contribution is -0.150. The molecule has 27 heavy (non-hydrogen) atoms. The van der Waals surface area contributed by atoms with Gasteiger partial charge in [-0.2, -0.15) is 0 Å². The maximum Gasteiger partial charge on any atom is 0.270 e. The Kier molecular flexibility index (Phi) is 4.64. The molecular formula is C20H24ClN3O3. The van der Waals surface area contributed by atoms with Gasteiger partial charge >= 0.3 is 0 Å². The Balaban J connectivity index is 1.58.